The zero-order valence-corrected chi connectivity index (χ0v) is 12.0. The Labute approximate surface area is 131 Å². The number of aromatic nitrogens is 2. The van der Waals surface area contributed by atoms with Crippen molar-refractivity contribution in [3.05, 3.63) is 89.8 Å². The van der Waals surface area contributed by atoms with Crippen LogP contribution in [0.5, 0.6) is 0 Å². The molecule has 0 aliphatic rings. The molecule has 0 atom stereocenters. The Morgan fingerprint density at radius 1 is 1.04 bits per heavy atom. The third-order valence-electron chi connectivity index (χ3n) is 3.25. The molecule has 0 bridgehead atoms. The first-order chi connectivity index (χ1) is 11.1. The monoisotopic (exact) mass is 310 g/mol. The summed E-state index contributed by atoms with van der Waals surface area (Å²) in [6.45, 7) is 0. The molecule has 0 unspecified atom stereocenters. The van der Waals surface area contributed by atoms with Crippen LogP contribution in [-0.4, -0.2) is 15.6 Å². The molecule has 2 aromatic carbocycles. The topological polar surface area (TPSA) is 34.9 Å². The lowest BCUT2D eigenvalue weighted by Gasteiger charge is -1.98. The zero-order valence-electron chi connectivity index (χ0n) is 12.0. The molecule has 0 aliphatic carbocycles. The van der Waals surface area contributed by atoms with Crippen LogP contribution in [0.4, 0.5) is 8.78 Å². The van der Waals surface area contributed by atoms with E-state index in [0.717, 1.165) is 23.4 Å². The summed E-state index contributed by atoms with van der Waals surface area (Å²) in [5.74, 6) is -2.42. The molecule has 3 rings (SSSR count). The number of rotatable bonds is 4. The van der Waals surface area contributed by atoms with Crippen LogP contribution in [0.15, 0.2) is 67.0 Å². The van der Waals surface area contributed by atoms with Crippen LogP contribution < -0.4 is 0 Å². The van der Waals surface area contributed by atoms with E-state index in [1.165, 1.54) is 12.1 Å². The second-order valence-electron chi connectivity index (χ2n) is 4.88. The van der Waals surface area contributed by atoms with E-state index in [-0.39, 0.29) is 5.56 Å². The molecule has 0 saturated heterocycles. The number of carbonyl (C=O) groups is 1. The largest absolute Gasteiger partial charge is 0.289 e. The normalized spacial score (nSPS) is 11.0. The first kappa shape index (κ1) is 14.8. The lowest BCUT2D eigenvalue weighted by molar-refractivity contribution is 0.104. The quantitative estimate of drug-likeness (QED) is 0.538. The van der Waals surface area contributed by atoms with Gasteiger partial charge in [-0.1, -0.05) is 18.2 Å². The van der Waals surface area contributed by atoms with E-state index in [4.69, 9.17) is 0 Å². The third kappa shape index (κ3) is 3.40. The lowest BCUT2D eigenvalue weighted by Crippen LogP contribution is -1.96. The first-order valence-electron chi connectivity index (χ1n) is 6.91. The highest BCUT2D eigenvalue weighted by molar-refractivity contribution is 6.06. The summed E-state index contributed by atoms with van der Waals surface area (Å²) in [4.78, 5) is 12.0. The SMILES string of the molecule is O=C(/C=C/c1cnn(-c2ccccc2)c1)c1ccc(F)c(F)c1. The fourth-order valence-corrected chi connectivity index (χ4v) is 2.06. The molecule has 0 radical (unpaired) electrons. The molecule has 0 fully saturated rings. The van der Waals surface area contributed by atoms with Gasteiger partial charge in [0.2, 0.25) is 0 Å². The molecular formula is C18H12F2N2O. The first-order valence-corrected chi connectivity index (χ1v) is 6.91. The molecule has 0 amide bonds. The van der Waals surface area contributed by atoms with Gasteiger partial charge in [-0.25, -0.2) is 13.5 Å². The van der Waals surface area contributed by atoms with Crippen molar-refractivity contribution in [2.45, 2.75) is 0 Å². The number of hydrogen-bond donors (Lipinski definition) is 0. The van der Waals surface area contributed by atoms with Crippen LogP contribution in [0, 0.1) is 11.6 Å². The number of carbonyl (C=O) groups excluding carboxylic acids is 1. The van der Waals surface area contributed by atoms with Crippen LogP contribution in [0.25, 0.3) is 11.8 Å². The lowest BCUT2D eigenvalue weighted by atomic mass is 10.1. The van der Waals surface area contributed by atoms with Crippen molar-refractivity contribution in [2.24, 2.45) is 0 Å². The Morgan fingerprint density at radius 2 is 1.83 bits per heavy atom. The van der Waals surface area contributed by atoms with Gasteiger partial charge in [0.1, 0.15) is 0 Å². The van der Waals surface area contributed by atoms with Crippen molar-refractivity contribution in [1.29, 1.82) is 0 Å². The summed E-state index contributed by atoms with van der Waals surface area (Å²) in [7, 11) is 0. The minimum atomic E-state index is -1.04. The predicted molar refractivity (Wildman–Crippen MR) is 83.3 cm³/mol. The number of hydrogen-bond acceptors (Lipinski definition) is 2. The fourth-order valence-electron chi connectivity index (χ4n) is 2.06. The Hall–Kier alpha value is -3.08. The van der Waals surface area contributed by atoms with E-state index >= 15 is 0 Å². The van der Waals surface area contributed by atoms with Crippen LogP contribution in [0.3, 0.4) is 0 Å². The highest BCUT2D eigenvalue weighted by Crippen LogP contribution is 2.12. The van der Waals surface area contributed by atoms with Gasteiger partial charge in [0, 0.05) is 17.3 Å². The molecule has 3 aromatic rings. The van der Waals surface area contributed by atoms with Crippen LogP contribution in [0.1, 0.15) is 15.9 Å². The summed E-state index contributed by atoms with van der Waals surface area (Å²) in [5, 5.41) is 4.21. The molecule has 114 valence electrons. The summed E-state index contributed by atoms with van der Waals surface area (Å²) in [6.07, 6.45) is 6.27. The Bertz CT molecular complexity index is 870. The number of ketones is 1. The molecule has 1 heterocycles. The van der Waals surface area contributed by atoms with E-state index in [1.807, 2.05) is 30.3 Å². The molecule has 0 N–H and O–H groups in total. The summed E-state index contributed by atoms with van der Waals surface area (Å²) < 4.78 is 27.7. The van der Waals surface area contributed by atoms with Gasteiger partial charge in [0.05, 0.1) is 11.9 Å². The van der Waals surface area contributed by atoms with Crippen molar-refractivity contribution < 1.29 is 13.6 Å². The molecule has 5 heteroatoms. The van der Waals surface area contributed by atoms with Crippen molar-refractivity contribution in [2.75, 3.05) is 0 Å². The van der Waals surface area contributed by atoms with Crippen LogP contribution >= 0.6 is 0 Å². The summed E-state index contributed by atoms with van der Waals surface area (Å²) in [6, 6.07) is 12.6. The minimum absolute atomic E-state index is 0.0931. The molecule has 0 aliphatic heterocycles. The maximum atomic E-state index is 13.1. The van der Waals surface area contributed by atoms with Gasteiger partial charge in [-0.3, -0.25) is 4.79 Å². The zero-order chi connectivity index (χ0) is 16.2. The van der Waals surface area contributed by atoms with Gasteiger partial charge < -0.3 is 0 Å². The average molecular weight is 310 g/mol. The number of halogens is 2. The molecule has 1 aromatic heterocycles. The van der Waals surface area contributed by atoms with E-state index < -0.39 is 17.4 Å². The van der Waals surface area contributed by atoms with Gasteiger partial charge in [0.15, 0.2) is 17.4 Å². The van der Waals surface area contributed by atoms with Crippen LogP contribution in [-0.2, 0) is 0 Å². The fraction of sp³-hybridized carbons (Fsp3) is 0. The third-order valence-corrected chi connectivity index (χ3v) is 3.25. The molecule has 0 saturated carbocycles. The number of benzene rings is 2. The second-order valence-corrected chi connectivity index (χ2v) is 4.88. The predicted octanol–water partition coefficient (Wildman–Crippen LogP) is 4.05. The second kappa shape index (κ2) is 6.36. The van der Waals surface area contributed by atoms with Crippen molar-refractivity contribution >= 4 is 11.9 Å². The molecule has 23 heavy (non-hydrogen) atoms. The van der Waals surface area contributed by atoms with E-state index in [9.17, 15) is 13.6 Å². The standard InChI is InChI=1S/C18H12F2N2O/c19-16-8-7-14(10-17(16)20)18(23)9-6-13-11-21-22(12-13)15-4-2-1-3-5-15/h1-12H/b9-6+. The number of allylic oxidation sites excluding steroid dienone is 1. The smallest absolute Gasteiger partial charge is 0.185 e. The molecule has 3 nitrogen and oxygen atoms in total. The van der Waals surface area contributed by atoms with Gasteiger partial charge in [0.25, 0.3) is 0 Å². The summed E-state index contributed by atoms with van der Waals surface area (Å²) >= 11 is 0. The van der Waals surface area contributed by atoms with Crippen molar-refractivity contribution in [3.63, 3.8) is 0 Å². The van der Waals surface area contributed by atoms with E-state index in [1.54, 1.807) is 23.2 Å². The Morgan fingerprint density at radius 3 is 2.57 bits per heavy atom. The van der Waals surface area contributed by atoms with Crippen molar-refractivity contribution in [3.8, 4) is 5.69 Å². The van der Waals surface area contributed by atoms with Gasteiger partial charge >= 0.3 is 0 Å². The average Bonchev–Trinajstić information content (AvgIpc) is 3.05. The maximum absolute atomic E-state index is 13.1. The number of para-hydroxylation sites is 1. The van der Waals surface area contributed by atoms with Gasteiger partial charge in [-0.2, -0.15) is 5.10 Å². The maximum Gasteiger partial charge on any atom is 0.185 e. The highest BCUT2D eigenvalue weighted by Gasteiger charge is 2.07. The highest BCUT2D eigenvalue weighted by atomic mass is 19.2. The van der Waals surface area contributed by atoms with Crippen molar-refractivity contribution in [1.82, 2.24) is 9.78 Å². The van der Waals surface area contributed by atoms with E-state index in [0.29, 0.717) is 0 Å². The van der Waals surface area contributed by atoms with Gasteiger partial charge in [-0.05, 0) is 42.5 Å². The minimum Gasteiger partial charge on any atom is -0.289 e. The van der Waals surface area contributed by atoms with Crippen LogP contribution in [0.2, 0.25) is 0 Å². The summed E-state index contributed by atoms with van der Waals surface area (Å²) in [5.41, 5.74) is 1.72. The Balaban J connectivity index is 1.76. The Kier molecular flexibility index (Phi) is 4.10. The van der Waals surface area contributed by atoms with E-state index in [2.05, 4.69) is 5.10 Å². The molecule has 0 spiro atoms. The van der Waals surface area contributed by atoms with Gasteiger partial charge in [-0.15, -0.1) is 0 Å². The molecular weight excluding hydrogens is 298 g/mol. The number of nitrogens with zero attached hydrogens (tertiary/aromatic N) is 2.